The van der Waals surface area contributed by atoms with Crippen LogP contribution in [0.25, 0.3) is 167 Å². The lowest BCUT2D eigenvalue weighted by atomic mass is 9.88. The molecule has 4 heterocycles. The SMILES string of the molecule is CN1C(c2ccccc2)=NC(c2ccccc2)=CC1c1cc(-c2cc(-c3ccccc3)nc(-c3ccc(-c4ccc5cc(-c6c7ccccc7c(-c7ccc8ccccc8c7)c7nc(-c8ccccc8)n(-c8ccccc8)c67)ccc5c4)cc3)c2)cc(-c2cc(-c3ccccc3)nc(-c3ccccc3)n2)c1. The maximum atomic E-state index is 5.75. The smallest absolute Gasteiger partial charge is 0.160 e. The molecule has 15 aromatic carbocycles. The standard InChI is InChI=1S/C99H67N7/c1-105-92(64-91(69-32-13-4-14-33-69)103-98(105)72-36-17-6-18-37-72)83-59-80(58-82(60-83)90-63-89(68-30-11-3-12-31-68)101-97(102-90)71-34-15-5-16-35-71)81-61-87(67-28-9-2-10-29-67)100-88(62-81)70-48-45-66(46-49-70)75-50-51-77-57-79(54-52-76(77)55-75)94-86-44-26-25-43-85(86)93(78-53-47-65-27-23-24-40-74(65)56-78)95-96(94)106(84-41-21-8-22-42-84)99(104-95)73-38-19-7-20-39-73/h2-64,92H,1H3. The van der Waals surface area contributed by atoms with Crippen molar-refractivity contribution in [3.8, 4) is 118 Å². The van der Waals surface area contributed by atoms with E-state index < -0.39 is 0 Å². The number of rotatable bonds is 14. The zero-order valence-corrected chi connectivity index (χ0v) is 58.1. The van der Waals surface area contributed by atoms with Crippen molar-refractivity contribution in [3.05, 3.63) is 399 Å². The number of hydrogen-bond donors (Lipinski definition) is 0. The molecule has 0 aliphatic carbocycles. The number of imidazole rings is 1. The Labute approximate surface area is 615 Å². The van der Waals surface area contributed by atoms with E-state index in [1.807, 2.05) is 24.3 Å². The fourth-order valence-electron chi connectivity index (χ4n) is 15.3. The molecule has 1 aliphatic heterocycles. The molecule has 7 nitrogen and oxygen atoms in total. The fourth-order valence-corrected chi connectivity index (χ4v) is 15.3. The molecule has 3 aromatic heterocycles. The van der Waals surface area contributed by atoms with Crippen molar-refractivity contribution < 1.29 is 0 Å². The summed E-state index contributed by atoms with van der Waals surface area (Å²) in [4.78, 5) is 29.6. The number of benzene rings is 15. The maximum absolute atomic E-state index is 5.75. The molecule has 18 aromatic rings. The van der Waals surface area contributed by atoms with Crippen LogP contribution >= 0.6 is 0 Å². The Bertz CT molecular complexity index is 6360. The number of pyridine rings is 1. The highest BCUT2D eigenvalue weighted by atomic mass is 15.2. The average molecular weight is 1350 g/mol. The van der Waals surface area contributed by atoms with Gasteiger partial charge in [-0.15, -0.1) is 0 Å². The van der Waals surface area contributed by atoms with Crippen molar-refractivity contribution in [1.29, 1.82) is 0 Å². The van der Waals surface area contributed by atoms with Crippen LogP contribution in [0.2, 0.25) is 0 Å². The summed E-state index contributed by atoms with van der Waals surface area (Å²) in [7, 11) is 2.15. The Hall–Kier alpha value is -14.0. The Balaban J connectivity index is 0.732. The van der Waals surface area contributed by atoms with Crippen LogP contribution < -0.4 is 0 Å². The highest BCUT2D eigenvalue weighted by Crippen LogP contribution is 2.48. The van der Waals surface area contributed by atoms with E-state index in [-0.39, 0.29) is 6.04 Å². The summed E-state index contributed by atoms with van der Waals surface area (Å²) in [5, 5.41) is 7.00. The van der Waals surface area contributed by atoms with Gasteiger partial charge in [-0.25, -0.2) is 24.9 Å². The first-order valence-corrected chi connectivity index (χ1v) is 36.0. The van der Waals surface area contributed by atoms with Gasteiger partial charge in [0.25, 0.3) is 0 Å². The van der Waals surface area contributed by atoms with Gasteiger partial charge in [-0.1, -0.05) is 309 Å². The van der Waals surface area contributed by atoms with Crippen molar-refractivity contribution in [1.82, 2.24) is 29.4 Å². The van der Waals surface area contributed by atoms with Gasteiger partial charge in [0.15, 0.2) is 5.82 Å². The van der Waals surface area contributed by atoms with Crippen molar-refractivity contribution in [2.45, 2.75) is 6.04 Å². The zero-order valence-electron chi connectivity index (χ0n) is 58.1. The van der Waals surface area contributed by atoms with Gasteiger partial charge in [0.2, 0.25) is 0 Å². The highest BCUT2D eigenvalue weighted by Gasteiger charge is 2.29. The third-order valence-electron chi connectivity index (χ3n) is 20.6. The number of aromatic nitrogens is 5. The zero-order chi connectivity index (χ0) is 70.4. The molecule has 19 rings (SSSR count). The Morgan fingerprint density at radius 2 is 0.698 bits per heavy atom. The van der Waals surface area contributed by atoms with Gasteiger partial charge in [-0.05, 0) is 150 Å². The van der Waals surface area contributed by atoms with Crippen molar-refractivity contribution in [2.75, 3.05) is 7.05 Å². The van der Waals surface area contributed by atoms with Crippen molar-refractivity contribution >= 4 is 54.9 Å². The molecule has 1 unspecified atom stereocenters. The predicted molar refractivity (Wildman–Crippen MR) is 439 cm³/mol. The lowest BCUT2D eigenvalue weighted by Crippen LogP contribution is -2.33. The summed E-state index contributed by atoms with van der Waals surface area (Å²) in [5.74, 6) is 2.42. The highest BCUT2D eigenvalue weighted by molar-refractivity contribution is 6.21. The van der Waals surface area contributed by atoms with E-state index in [0.29, 0.717) is 5.82 Å². The minimum Gasteiger partial charge on any atom is -0.349 e. The molecular formula is C99H67N7. The Kier molecular flexibility index (Phi) is 16.1. The number of hydrogen-bond acceptors (Lipinski definition) is 6. The lowest BCUT2D eigenvalue weighted by Gasteiger charge is -2.34. The van der Waals surface area contributed by atoms with Gasteiger partial charge in [-0.2, -0.15) is 0 Å². The van der Waals surface area contributed by atoms with Crippen LogP contribution in [0, 0.1) is 0 Å². The molecule has 0 saturated heterocycles. The maximum Gasteiger partial charge on any atom is 0.160 e. The lowest BCUT2D eigenvalue weighted by molar-refractivity contribution is 0.435. The Morgan fingerprint density at radius 1 is 0.274 bits per heavy atom. The summed E-state index contributed by atoms with van der Waals surface area (Å²) in [6.07, 6.45) is 2.30. The van der Waals surface area contributed by atoms with Crippen molar-refractivity contribution in [2.24, 2.45) is 4.99 Å². The molecule has 0 spiro atoms. The number of amidine groups is 1. The quantitative estimate of drug-likeness (QED) is 0.108. The van der Waals surface area contributed by atoms with E-state index >= 15 is 0 Å². The largest absolute Gasteiger partial charge is 0.349 e. The summed E-state index contributed by atoms with van der Waals surface area (Å²) >= 11 is 0. The van der Waals surface area contributed by atoms with Gasteiger partial charge in [0.1, 0.15) is 11.7 Å². The molecule has 0 N–H and O–H groups in total. The molecule has 0 radical (unpaired) electrons. The Morgan fingerprint density at radius 3 is 1.32 bits per heavy atom. The third-order valence-corrected chi connectivity index (χ3v) is 20.6. The van der Waals surface area contributed by atoms with Crippen LogP contribution in [0.4, 0.5) is 0 Å². The van der Waals surface area contributed by atoms with Crippen LogP contribution in [0.1, 0.15) is 22.7 Å². The molecule has 1 atom stereocenters. The van der Waals surface area contributed by atoms with Gasteiger partial charge in [0, 0.05) is 62.8 Å². The summed E-state index contributed by atoms with van der Waals surface area (Å²) < 4.78 is 2.38. The summed E-state index contributed by atoms with van der Waals surface area (Å²) in [5.41, 5.74) is 25.2. The monoisotopic (exact) mass is 1350 g/mol. The molecule has 498 valence electrons. The minimum absolute atomic E-state index is 0.236. The minimum atomic E-state index is -0.236. The van der Waals surface area contributed by atoms with E-state index in [1.54, 1.807) is 0 Å². The van der Waals surface area contributed by atoms with Crippen molar-refractivity contribution in [3.63, 3.8) is 0 Å². The van der Waals surface area contributed by atoms with Gasteiger partial charge >= 0.3 is 0 Å². The average Bonchev–Trinajstić information content (AvgIpc) is 1.49. The number of aliphatic imine (C=N–C) groups is 1. The van der Waals surface area contributed by atoms with E-state index in [0.717, 1.165) is 173 Å². The number of nitrogens with zero attached hydrogens (tertiary/aromatic N) is 7. The molecule has 0 fully saturated rings. The number of fused-ring (bicyclic) bond motifs is 4. The fraction of sp³-hybridized carbons (Fsp3) is 0.0202. The van der Waals surface area contributed by atoms with E-state index in [4.69, 9.17) is 24.9 Å². The normalized spacial score (nSPS) is 13.0. The molecule has 7 heteroatoms. The summed E-state index contributed by atoms with van der Waals surface area (Å²) in [6.45, 7) is 0. The molecule has 0 saturated carbocycles. The predicted octanol–water partition coefficient (Wildman–Crippen LogP) is 24.8. The van der Waals surface area contributed by atoms with E-state index in [1.165, 1.54) is 10.8 Å². The first-order valence-electron chi connectivity index (χ1n) is 36.0. The van der Waals surface area contributed by atoms with Gasteiger partial charge < -0.3 is 4.90 Å². The van der Waals surface area contributed by atoms with Crippen LogP contribution in [-0.4, -0.2) is 42.3 Å². The third kappa shape index (κ3) is 11.9. The second kappa shape index (κ2) is 27.1. The van der Waals surface area contributed by atoms with Crippen LogP contribution in [-0.2, 0) is 0 Å². The second-order valence-electron chi connectivity index (χ2n) is 27.2. The van der Waals surface area contributed by atoms with Gasteiger partial charge in [0.05, 0.1) is 45.5 Å². The molecule has 0 bridgehead atoms. The van der Waals surface area contributed by atoms with E-state index in [9.17, 15) is 0 Å². The molecule has 106 heavy (non-hydrogen) atoms. The number of para-hydroxylation sites is 1. The number of likely N-dealkylation sites (N-methyl/N-ethyl adjacent to an activating group) is 1. The first kappa shape index (κ1) is 63.0. The summed E-state index contributed by atoms with van der Waals surface area (Å²) in [6, 6.07) is 134. The van der Waals surface area contributed by atoms with Crippen LogP contribution in [0.15, 0.2) is 387 Å². The molecular weight excluding hydrogens is 1290 g/mol. The topological polar surface area (TPSA) is 72.1 Å². The van der Waals surface area contributed by atoms with Crippen LogP contribution in [0.5, 0.6) is 0 Å². The molecule has 0 amide bonds. The second-order valence-corrected chi connectivity index (χ2v) is 27.2. The van der Waals surface area contributed by atoms with Crippen LogP contribution in [0.3, 0.4) is 0 Å². The van der Waals surface area contributed by atoms with E-state index in [2.05, 4.69) is 374 Å². The first-order chi connectivity index (χ1) is 52.4. The van der Waals surface area contributed by atoms with Gasteiger partial charge in [-0.3, -0.25) is 4.57 Å². The molecule has 1 aliphatic rings.